The summed E-state index contributed by atoms with van der Waals surface area (Å²) >= 11 is 0. The molecule has 26 heavy (non-hydrogen) atoms. The van der Waals surface area contributed by atoms with E-state index >= 15 is 0 Å². The van der Waals surface area contributed by atoms with E-state index in [2.05, 4.69) is 10.3 Å². The molecule has 0 bridgehead atoms. The third kappa shape index (κ3) is 4.38. The Balaban J connectivity index is 1.59. The number of hydrogen-bond acceptors (Lipinski definition) is 5. The number of amides is 1. The Morgan fingerprint density at radius 1 is 1.23 bits per heavy atom. The molecule has 1 aromatic heterocycles. The highest BCUT2D eigenvalue weighted by atomic mass is 16.5. The molecule has 2 aromatic rings. The quantitative estimate of drug-likeness (QED) is 0.917. The van der Waals surface area contributed by atoms with Gasteiger partial charge in [0.1, 0.15) is 11.9 Å². The number of morpholine rings is 1. The van der Waals surface area contributed by atoms with Crippen molar-refractivity contribution in [3.63, 3.8) is 0 Å². The summed E-state index contributed by atoms with van der Waals surface area (Å²) < 4.78 is 5.68. The van der Waals surface area contributed by atoms with E-state index in [1.54, 1.807) is 12.1 Å². The molecule has 134 valence electrons. The minimum absolute atomic E-state index is 0.0419. The number of hydrogen-bond donors (Lipinski definition) is 1. The molecule has 1 fully saturated rings. The third-order valence-electron chi connectivity index (χ3n) is 4.27. The molecule has 1 aliphatic rings. The van der Waals surface area contributed by atoms with Crippen LogP contribution in [-0.4, -0.2) is 41.1 Å². The summed E-state index contributed by atoms with van der Waals surface area (Å²) in [6.07, 6.45) is 1.66. The van der Waals surface area contributed by atoms with Crippen LogP contribution in [-0.2, 0) is 11.3 Å². The maximum atomic E-state index is 12.7. The maximum absolute atomic E-state index is 12.7. The van der Waals surface area contributed by atoms with Crippen molar-refractivity contribution in [1.82, 2.24) is 9.88 Å². The Morgan fingerprint density at radius 2 is 1.92 bits per heavy atom. The van der Waals surface area contributed by atoms with Crippen molar-refractivity contribution >= 4 is 11.7 Å². The van der Waals surface area contributed by atoms with Gasteiger partial charge in [-0.15, -0.1) is 0 Å². The summed E-state index contributed by atoms with van der Waals surface area (Å²) in [5, 5.41) is 12.0. The van der Waals surface area contributed by atoms with E-state index in [9.17, 15) is 4.79 Å². The first-order valence-electron chi connectivity index (χ1n) is 8.69. The van der Waals surface area contributed by atoms with Gasteiger partial charge < -0.3 is 15.0 Å². The number of pyridine rings is 1. The number of anilines is 1. The highest BCUT2D eigenvalue weighted by molar-refractivity contribution is 5.94. The highest BCUT2D eigenvalue weighted by Crippen LogP contribution is 2.15. The summed E-state index contributed by atoms with van der Waals surface area (Å²) in [5.74, 6) is 0.751. The summed E-state index contributed by atoms with van der Waals surface area (Å²) in [6, 6.07) is 13.1. The summed E-state index contributed by atoms with van der Waals surface area (Å²) in [6.45, 7) is 5.82. The Morgan fingerprint density at radius 3 is 2.50 bits per heavy atom. The SMILES string of the molecule is CC1CN(C(=O)c2ccc(CNc3ccc(C#N)cn3)cc2)CC(C)O1. The van der Waals surface area contributed by atoms with Crippen molar-refractivity contribution < 1.29 is 9.53 Å². The van der Waals surface area contributed by atoms with Crippen molar-refractivity contribution in [2.75, 3.05) is 18.4 Å². The number of benzene rings is 1. The zero-order chi connectivity index (χ0) is 18.5. The Kier molecular flexibility index (Phi) is 5.49. The molecule has 2 heterocycles. The standard InChI is InChI=1S/C20H22N4O2/c1-14-12-24(13-15(2)26-14)20(25)18-6-3-16(4-7-18)10-22-19-8-5-17(9-21)11-23-19/h3-8,11,14-15H,10,12-13H2,1-2H3,(H,22,23). The van der Waals surface area contributed by atoms with Crippen molar-refractivity contribution in [2.45, 2.75) is 32.6 Å². The fraction of sp³-hybridized carbons (Fsp3) is 0.350. The van der Waals surface area contributed by atoms with Crippen LogP contribution in [0.3, 0.4) is 0 Å². The van der Waals surface area contributed by atoms with Crippen LogP contribution in [0.2, 0.25) is 0 Å². The molecule has 1 aliphatic heterocycles. The second kappa shape index (κ2) is 7.98. The molecule has 1 saturated heterocycles. The monoisotopic (exact) mass is 350 g/mol. The first-order chi connectivity index (χ1) is 12.5. The molecule has 1 N–H and O–H groups in total. The van der Waals surface area contributed by atoms with E-state index in [-0.39, 0.29) is 18.1 Å². The van der Waals surface area contributed by atoms with Crippen LogP contribution < -0.4 is 5.32 Å². The van der Waals surface area contributed by atoms with Gasteiger partial charge in [-0.3, -0.25) is 4.79 Å². The second-order valence-electron chi connectivity index (χ2n) is 6.56. The smallest absolute Gasteiger partial charge is 0.254 e. The average molecular weight is 350 g/mol. The molecule has 0 spiro atoms. The molecule has 1 aromatic carbocycles. The number of carbonyl (C=O) groups excluding carboxylic acids is 1. The number of aromatic nitrogens is 1. The molecular formula is C20H22N4O2. The summed E-state index contributed by atoms with van der Waals surface area (Å²) in [7, 11) is 0. The zero-order valence-corrected chi connectivity index (χ0v) is 15.0. The molecule has 1 amide bonds. The van der Waals surface area contributed by atoms with Gasteiger partial charge in [0.15, 0.2) is 0 Å². The van der Waals surface area contributed by atoms with E-state index in [1.165, 1.54) is 6.20 Å². The predicted molar refractivity (Wildman–Crippen MR) is 98.6 cm³/mol. The lowest BCUT2D eigenvalue weighted by Crippen LogP contribution is -2.48. The lowest BCUT2D eigenvalue weighted by molar-refractivity contribution is -0.0586. The van der Waals surface area contributed by atoms with E-state index in [1.807, 2.05) is 49.1 Å². The van der Waals surface area contributed by atoms with E-state index in [4.69, 9.17) is 10.00 Å². The van der Waals surface area contributed by atoms with Crippen LogP contribution in [0.1, 0.15) is 35.3 Å². The van der Waals surface area contributed by atoms with E-state index < -0.39 is 0 Å². The van der Waals surface area contributed by atoms with Crippen LogP contribution in [0.25, 0.3) is 0 Å². The normalized spacial score (nSPS) is 19.7. The minimum atomic E-state index is 0.0419. The molecule has 0 saturated carbocycles. The van der Waals surface area contributed by atoms with E-state index in [0.29, 0.717) is 36.6 Å². The van der Waals surface area contributed by atoms with Crippen LogP contribution in [0.5, 0.6) is 0 Å². The lowest BCUT2D eigenvalue weighted by atomic mass is 10.1. The van der Waals surface area contributed by atoms with Gasteiger partial charge in [0.25, 0.3) is 5.91 Å². The summed E-state index contributed by atoms with van der Waals surface area (Å²) in [4.78, 5) is 18.7. The third-order valence-corrected chi connectivity index (χ3v) is 4.27. The number of nitriles is 1. The van der Waals surface area contributed by atoms with Crippen molar-refractivity contribution in [3.05, 3.63) is 59.3 Å². The van der Waals surface area contributed by atoms with Crippen molar-refractivity contribution in [3.8, 4) is 6.07 Å². The van der Waals surface area contributed by atoms with Gasteiger partial charge in [0, 0.05) is 31.4 Å². The van der Waals surface area contributed by atoms with Crippen LogP contribution in [0, 0.1) is 11.3 Å². The van der Waals surface area contributed by atoms with Crippen LogP contribution >= 0.6 is 0 Å². The van der Waals surface area contributed by atoms with Gasteiger partial charge in [-0.25, -0.2) is 4.98 Å². The van der Waals surface area contributed by atoms with Gasteiger partial charge in [-0.05, 0) is 43.7 Å². The number of rotatable bonds is 4. The Hall–Kier alpha value is -2.91. The van der Waals surface area contributed by atoms with Crippen LogP contribution in [0.4, 0.5) is 5.82 Å². The predicted octanol–water partition coefficient (Wildman–Crippen LogP) is 2.81. The Labute approximate surface area is 153 Å². The van der Waals surface area contributed by atoms with Crippen molar-refractivity contribution in [2.24, 2.45) is 0 Å². The molecule has 2 atom stereocenters. The topological polar surface area (TPSA) is 78.3 Å². The van der Waals surface area contributed by atoms with Crippen molar-refractivity contribution in [1.29, 1.82) is 5.26 Å². The van der Waals surface area contributed by atoms with Gasteiger partial charge in [-0.2, -0.15) is 5.26 Å². The average Bonchev–Trinajstić information content (AvgIpc) is 2.66. The van der Waals surface area contributed by atoms with Crippen LogP contribution in [0.15, 0.2) is 42.6 Å². The molecule has 2 unspecified atom stereocenters. The molecule has 0 radical (unpaired) electrons. The fourth-order valence-electron chi connectivity index (χ4n) is 3.05. The first kappa shape index (κ1) is 17.9. The van der Waals surface area contributed by atoms with Gasteiger partial charge >= 0.3 is 0 Å². The largest absolute Gasteiger partial charge is 0.372 e. The maximum Gasteiger partial charge on any atom is 0.254 e. The van der Waals surface area contributed by atoms with Gasteiger partial charge in [-0.1, -0.05) is 12.1 Å². The molecular weight excluding hydrogens is 328 g/mol. The fourth-order valence-corrected chi connectivity index (χ4v) is 3.05. The zero-order valence-electron chi connectivity index (χ0n) is 15.0. The molecule has 3 rings (SSSR count). The van der Waals surface area contributed by atoms with Gasteiger partial charge in [0.05, 0.1) is 17.8 Å². The number of carbonyl (C=O) groups is 1. The number of ether oxygens (including phenoxy) is 1. The summed E-state index contributed by atoms with van der Waals surface area (Å²) in [5.41, 5.74) is 2.27. The lowest BCUT2D eigenvalue weighted by Gasteiger charge is -2.35. The molecule has 0 aliphatic carbocycles. The first-order valence-corrected chi connectivity index (χ1v) is 8.69. The second-order valence-corrected chi connectivity index (χ2v) is 6.56. The Bertz CT molecular complexity index is 786. The highest BCUT2D eigenvalue weighted by Gasteiger charge is 2.26. The number of nitrogens with one attached hydrogen (secondary N) is 1. The minimum Gasteiger partial charge on any atom is -0.372 e. The van der Waals surface area contributed by atoms with Gasteiger partial charge in [0.2, 0.25) is 0 Å². The molecule has 6 nitrogen and oxygen atoms in total. The molecule has 6 heteroatoms. The van der Waals surface area contributed by atoms with E-state index in [0.717, 1.165) is 5.56 Å². The number of nitrogens with zero attached hydrogens (tertiary/aromatic N) is 3.